The Hall–Kier alpha value is -3.10. The van der Waals surface area contributed by atoms with E-state index in [1.807, 2.05) is 26.1 Å². The van der Waals surface area contributed by atoms with Crippen LogP contribution in [0.3, 0.4) is 0 Å². The Labute approximate surface area is 210 Å². The maximum Gasteiger partial charge on any atom is 0.345 e. The van der Waals surface area contributed by atoms with Crippen LogP contribution in [0.1, 0.15) is 54.7 Å². The van der Waals surface area contributed by atoms with Crippen LogP contribution >= 0.6 is 11.3 Å². The number of aromatic amines is 1. The van der Waals surface area contributed by atoms with Gasteiger partial charge in [0.1, 0.15) is 21.8 Å². The number of nitrogens with zero attached hydrogens (tertiary/aromatic N) is 3. The van der Waals surface area contributed by atoms with E-state index in [1.165, 1.54) is 11.1 Å². The molecule has 0 saturated heterocycles. The number of H-pyrrole nitrogens is 1. The minimum Gasteiger partial charge on any atom is -0.396 e. The molecule has 7 nitrogen and oxygen atoms in total. The third-order valence-electron chi connectivity index (χ3n) is 6.99. The van der Waals surface area contributed by atoms with E-state index in [0.717, 1.165) is 63.2 Å². The molecule has 0 spiro atoms. The molecule has 8 heteroatoms. The second-order valence-corrected chi connectivity index (χ2v) is 10.6. The van der Waals surface area contributed by atoms with Crippen molar-refractivity contribution >= 4 is 33.3 Å². The number of hydrogen-bond acceptors (Lipinski definition) is 7. The largest absolute Gasteiger partial charge is 0.396 e. The molecular formula is C27H33N6OS+. The van der Waals surface area contributed by atoms with Gasteiger partial charge in [0.05, 0.1) is 22.5 Å². The molecule has 5 rings (SSSR count). The third-order valence-corrected chi connectivity index (χ3v) is 8.03. The number of aromatic nitrogens is 4. The molecule has 0 bridgehead atoms. The van der Waals surface area contributed by atoms with Crippen molar-refractivity contribution in [3.05, 3.63) is 59.0 Å². The number of aliphatic hydroxyl groups is 1. The molecule has 1 aliphatic carbocycles. The molecule has 3 heterocycles. The Morgan fingerprint density at radius 3 is 2.69 bits per heavy atom. The first-order chi connectivity index (χ1) is 16.9. The first kappa shape index (κ1) is 23.6. The zero-order valence-corrected chi connectivity index (χ0v) is 21.5. The van der Waals surface area contributed by atoms with Crippen molar-refractivity contribution in [1.82, 2.24) is 15.0 Å². The predicted octanol–water partition coefficient (Wildman–Crippen LogP) is 5.24. The van der Waals surface area contributed by atoms with Crippen LogP contribution in [-0.4, -0.2) is 32.7 Å². The van der Waals surface area contributed by atoms with E-state index in [1.54, 1.807) is 11.3 Å². The summed E-state index contributed by atoms with van der Waals surface area (Å²) in [6.45, 7) is 8.57. The number of anilines is 2. The van der Waals surface area contributed by atoms with Crippen LogP contribution in [0.5, 0.6) is 0 Å². The van der Waals surface area contributed by atoms with Crippen molar-refractivity contribution in [2.24, 2.45) is 5.92 Å². The van der Waals surface area contributed by atoms with E-state index in [0.29, 0.717) is 12.0 Å². The van der Waals surface area contributed by atoms with E-state index in [-0.39, 0.29) is 12.6 Å². The molecule has 4 aromatic rings. The van der Waals surface area contributed by atoms with Gasteiger partial charge in [0.25, 0.3) is 0 Å². The number of aliphatic hydroxyl groups excluding tert-OH is 1. The molecule has 0 aliphatic heterocycles. The van der Waals surface area contributed by atoms with Crippen LogP contribution < -0.4 is 15.6 Å². The van der Waals surface area contributed by atoms with Crippen LogP contribution in [0, 0.1) is 26.7 Å². The quantitative estimate of drug-likeness (QED) is 0.329. The minimum absolute atomic E-state index is 0.0967. The summed E-state index contributed by atoms with van der Waals surface area (Å²) in [4.78, 5) is 17.8. The summed E-state index contributed by atoms with van der Waals surface area (Å²) in [6, 6.07) is 10.8. The number of aryl methyl sites for hydroxylation is 3. The molecule has 3 atom stereocenters. The van der Waals surface area contributed by atoms with Crippen molar-refractivity contribution in [2.45, 2.75) is 59.0 Å². The van der Waals surface area contributed by atoms with Crippen LogP contribution in [-0.2, 0) is 0 Å². The van der Waals surface area contributed by atoms with Gasteiger partial charge in [-0.25, -0.2) is 9.97 Å². The summed E-state index contributed by atoms with van der Waals surface area (Å²) >= 11 is 1.66. The average molecular weight is 490 g/mol. The van der Waals surface area contributed by atoms with E-state index >= 15 is 0 Å². The number of benzene rings is 1. The van der Waals surface area contributed by atoms with Crippen LogP contribution in [0.25, 0.3) is 20.8 Å². The normalized spacial score (nSPS) is 18.7. The molecule has 1 fully saturated rings. The lowest BCUT2D eigenvalue weighted by molar-refractivity contribution is -0.348. The molecule has 4 N–H and O–H groups in total. The first-order valence-electron chi connectivity index (χ1n) is 12.3. The van der Waals surface area contributed by atoms with Crippen molar-refractivity contribution in [3.8, 4) is 10.6 Å². The van der Waals surface area contributed by atoms with Crippen molar-refractivity contribution in [3.63, 3.8) is 0 Å². The summed E-state index contributed by atoms with van der Waals surface area (Å²) in [6.07, 6.45) is 4.86. The van der Waals surface area contributed by atoms with Gasteiger partial charge < -0.3 is 10.4 Å². The molecule has 35 heavy (non-hydrogen) atoms. The fourth-order valence-electron chi connectivity index (χ4n) is 5.07. The molecule has 3 unspecified atom stereocenters. The Bertz CT molecular complexity index is 1350. The van der Waals surface area contributed by atoms with Crippen molar-refractivity contribution in [2.75, 3.05) is 17.2 Å². The van der Waals surface area contributed by atoms with Gasteiger partial charge in [-0.05, 0) is 70.1 Å². The van der Waals surface area contributed by atoms with Gasteiger partial charge >= 0.3 is 5.95 Å². The first-order valence-corrected chi connectivity index (χ1v) is 13.1. The number of pyridine rings is 1. The Morgan fingerprint density at radius 2 is 1.94 bits per heavy atom. The van der Waals surface area contributed by atoms with Gasteiger partial charge in [-0.3, -0.25) is 10.3 Å². The predicted molar refractivity (Wildman–Crippen MR) is 142 cm³/mol. The second kappa shape index (κ2) is 9.87. The summed E-state index contributed by atoms with van der Waals surface area (Å²) in [5.41, 5.74) is 6.27. The van der Waals surface area contributed by atoms with E-state index < -0.39 is 0 Å². The van der Waals surface area contributed by atoms with E-state index in [4.69, 9.17) is 9.97 Å². The minimum atomic E-state index is 0.0967. The van der Waals surface area contributed by atoms with Gasteiger partial charge in [0.2, 0.25) is 5.82 Å². The highest BCUT2D eigenvalue weighted by molar-refractivity contribution is 7.21. The molecule has 3 aromatic heterocycles. The maximum absolute atomic E-state index is 9.64. The van der Waals surface area contributed by atoms with Crippen molar-refractivity contribution in [1.29, 1.82) is 0 Å². The third kappa shape index (κ3) is 4.86. The van der Waals surface area contributed by atoms with Crippen LogP contribution in [0.2, 0.25) is 0 Å². The van der Waals surface area contributed by atoms with Crippen LogP contribution in [0.15, 0.2) is 36.5 Å². The summed E-state index contributed by atoms with van der Waals surface area (Å²) in [7, 11) is 0. The van der Waals surface area contributed by atoms with Gasteiger partial charge in [-0.2, -0.15) is 0 Å². The Morgan fingerprint density at radius 1 is 1.11 bits per heavy atom. The molecular weight excluding hydrogens is 456 g/mol. The lowest BCUT2D eigenvalue weighted by Crippen LogP contribution is -2.27. The maximum atomic E-state index is 9.64. The van der Waals surface area contributed by atoms with Gasteiger partial charge in [0, 0.05) is 12.8 Å². The molecule has 1 aromatic carbocycles. The summed E-state index contributed by atoms with van der Waals surface area (Å²) < 4.78 is 1.12. The standard InChI is InChI=1S/C27H32N6OS/c1-15-7-5-6-8-21(15)16(2)29-27-30-17(3)23(25(33-27)31-20-10-9-19(13-20)14-34)26-32-24-18(4)28-12-11-22(24)35-26/h5-8,11-12,16,19-20,34H,9-10,13-14H2,1-4H3,(H2,29,30,31,33)/p+1. The zero-order valence-electron chi connectivity index (χ0n) is 20.7. The fraction of sp³-hybridized carbons (Fsp3) is 0.407. The zero-order chi connectivity index (χ0) is 24.5. The number of thiazole rings is 1. The average Bonchev–Trinajstić information content (AvgIpc) is 3.46. The smallest absolute Gasteiger partial charge is 0.345 e. The topological polar surface area (TPSA) is 97.1 Å². The monoisotopic (exact) mass is 489 g/mol. The number of rotatable bonds is 7. The van der Waals surface area contributed by atoms with E-state index in [9.17, 15) is 5.11 Å². The van der Waals surface area contributed by atoms with E-state index in [2.05, 4.69) is 58.7 Å². The second-order valence-electron chi connectivity index (χ2n) is 9.61. The van der Waals surface area contributed by atoms with Crippen LogP contribution in [0.4, 0.5) is 11.8 Å². The molecule has 0 radical (unpaired) electrons. The lowest BCUT2D eigenvalue weighted by atomic mass is 10.0. The summed E-state index contributed by atoms with van der Waals surface area (Å²) in [5, 5.41) is 17.9. The Kier molecular flexibility index (Phi) is 6.67. The highest BCUT2D eigenvalue weighted by Gasteiger charge is 2.29. The van der Waals surface area contributed by atoms with Gasteiger partial charge in [0.15, 0.2) is 0 Å². The summed E-state index contributed by atoms with van der Waals surface area (Å²) in [5.74, 6) is 2.00. The number of hydrogen-bond donors (Lipinski definition) is 3. The van der Waals surface area contributed by atoms with Gasteiger partial charge in [-0.1, -0.05) is 24.3 Å². The Balaban J connectivity index is 1.53. The highest BCUT2D eigenvalue weighted by atomic mass is 32.1. The fourth-order valence-corrected chi connectivity index (χ4v) is 6.19. The molecule has 1 saturated carbocycles. The number of nitrogens with one attached hydrogen (secondary N) is 3. The molecule has 0 amide bonds. The highest BCUT2D eigenvalue weighted by Crippen LogP contribution is 2.37. The van der Waals surface area contributed by atoms with Gasteiger partial charge in [-0.15, -0.1) is 16.3 Å². The molecule has 182 valence electrons. The number of fused-ring (bicyclic) bond motifs is 1. The SMILES string of the molecule is Cc1ccccc1C(C)Nc1nc(C)c(-c2nc3c(C)nccc3s2)c(NC2CCC(CO)C2)[nH+]1. The van der Waals surface area contributed by atoms with Crippen molar-refractivity contribution < 1.29 is 10.1 Å². The lowest BCUT2D eigenvalue weighted by Gasteiger charge is -2.17. The molecule has 1 aliphatic rings.